The largest absolute Gasteiger partial charge is 0.392 e. The number of halogens is 2. The number of carbonyl (C=O) groups excluding carboxylic acids is 1. The van der Waals surface area contributed by atoms with Gasteiger partial charge in [-0.2, -0.15) is 0 Å². The standard InChI is InChI=1S/C20H18FN5O.C20H16FN5O/c2*1-12-18-20(24-13(2)23-12)26(10-14-3-5-15(11-27)6-4-14)19(25-18)16-7-17(21)9-22-8-16/h3-9,27H,10-11H2,1-2H3;3-9,11H,10H2,1-2H3. The Hall–Kier alpha value is -6.67. The van der Waals surface area contributed by atoms with Crippen molar-refractivity contribution >= 4 is 28.6 Å². The summed E-state index contributed by atoms with van der Waals surface area (Å²) < 4.78 is 31.3. The van der Waals surface area contributed by atoms with E-state index < -0.39 is 11.6 Å². The molecule has 270 valence electrons. The lowest BCUT2D eigenvalue weighted by Crippen LogP contribution is -2.05. The summed E-state index contributed by atoms with van der Waals surface area (Å²) in [4.78, 5) is 46.0. The van der Waals surface area contributed by atoms with Gasteiger partial charge in [0.05, 0.1) is 43.5 Å². The SMILES string of the molecule is Cc1nc(C)c2nc(-c3cncc(F)c3)n(Cc3ccc(C=O)cc3)c2n1.Cc1nc(C)c2nc(-c3cncc(F)c3)n(Cc3ccc(CO)cc3)c2n1. The van der Waals surface area contributed by atoms with E-state index in [-0.39, 0.29) is 6.61 Å². The van der Waals surface area contributed by atoms with Crippen LogP contribution in [0.4, 0.5) is 8.78 Å². The second-order valence-electron chi connectivity index (χ2n) is 12.7. The van der Waals surface area contributed by atoms with Crippen LogP contribution < -0.4 is 0 Å². The number of nitrogens with zero attached hydrogens (tertiary/aromatic N) is 10. The molecule has 8 rings (SSSR count). The van der Waals surface area contributed by atoms with Crippen molar-refractivity contribution in [3.05, 3.63) is 142 Å². The summed E-state index contributed by atoms with van der Waals surface area (Å²) in [6.45, 7) is 8.40. The van der Waals surface area contributed by atoms with Crippen LogP contribution in [0, 0.1) is 39.3 Å². The van der Waals surface area contributed by atoms with Crippen molar-refractivity contribution in [2.24, 2.45) is 0 Å². The average molecular weight is 725 g/mol. The van der Waals surface area contributed by atoms with E-state index in [4.69, 9.17) is 0 Å². The van der Waals surface area contributed by atoms with Gasteiger partial charge in [0, 0.05) is 29.1 Å². The molecule has 54 heavy (non-hydrogen) atoms. The fourth-order valence-electron chi connectivity index (χ4n) is 6.17. The quantitative estimate of drug-likeness (QED) is 0.168. The van der Waals surface area contributed by atoms with Crippen LogP contribution in [0.25, 0.3) is 45.1 Å². The molecule has 0 radical (unpaired) electrons. The first kappa shape index (κ1) is 35.7. The van der Waals surface area contributed by atoms with Gasteiger partial charge in [0.25, 0.3) is 0 Å². The number of aliphatic hydroxyl groups is 1. The maximum atomic E-state index is 13.7. The number of aldehydes is 1. The predicted molar refractivity (Wildman–Crippen MR) is 198 cm³/mol. The number of aryl methyl sites for hydroxylation is 4. The highest BCUT2D eigenvalue weighted by molar-refractivity contribution is 5.80. The Kier molecular flexibility index (Phi) is 10.0. The molecule has 0 bridgehead atoms. The molecule has 0 aliphatic heterocycles. The summed E-state index contributed by atoms with van der Waals surface area (Å²) in [6, 6.07) is 17.7. The first-order valence-corrected chi connectivity index (χ1v) is 17.0. The highest BCUT2D eigenvalue weighted by atomic mass is 19.1. The van der Waals surface area contributed by atoms with E-state index in [2.05, 4.69) is 39.9 Å². The Bertz CT molecular complexity index is 2640. The van der Waals surface area contributed by atoms with Gasteiger partial charge in [-0.3, -0.25) is 14.8 Å². The molecular formula is C40H34F2N10O2. The van der Waals surface area contributed by atoms with Crippen molar-refractivity contribution in [1.82, 2.24) is 49.0 Å². The van der Waals surface area contributed by atoms with Crippen LogP contribution in [0.1, 0.15) is 50.1 Å². The van der Waals surface area contributed by atoms with Gasteiger partial charge >= 0.3 is 0 Å². The molecule has 0 amide bonds. The lowest BCUT2D eigenvalue weighted by molar-refractivity contribution is 0.112. The molecule has 6 aromatic heterocycles. The third kappa shape index (κ3) is 7.45. The molecule has 8 aromatic rings. The summed E-state index contributed by atoms with van der Waals surface area (Å²) in [5, 5.41) is 9.23. The Morgan fingerprint density at radius 2 is 1.02 bits per heavy atom. The maximum Gasteiger partial charge on any atom is 0.164 e. The van der Waals surface area contributed by atoms with Crippen molar-refractivity contribution in [3.8, 4) is 22.8 Å². The van der Waals surface area contributed by atoms with E-state index in [0.29, 0.717) is 75.4 Å². The molecule has 14 heteroatoms. The number of imidazole rings is 2. The van der Waals surface area contributed by atoms with Crippen LogP contribution >= 0.6 is 0 Å². The maximum absolute atomic E-state index is 13.7. The molecule has 0 aliphatic carbocycles. The minimum absolute atomic E-state index is 0.000111. The van der Waals surface area contributed by atoms with Gasteiger partial charge in [-0.1, -0.05) is 48.5 Å². The molecule has 0 saturated heterocycles. The van der Waals surface area contributed by atoms with Gasteiger partial charge < -0.3 is 14.2 Å². The van der Waals surface area contributed by atoms with Gasteiger partial charge in [0.15, 0.2) is 11.3 Å². The first-order chi connectivity index (χ1) is 26.1. The van der Waals surface area contributed by atoms with Gasteiger partial charge in [0.2, 0.25) is 0 Å². The number of rotatable bonds is 8. The van der Waals surface area contributed by atoms with E-state index in [1.807, 2.05) is 73.2 Å². The number of aliphatic hydroxyl groups excluding tert-OH is 1. The number of aromatic nitrogens is 10. The normalized spacial score (nSPS) is 11.2. The molecule has 0 atom stereocenters. The second-order valence-corrected chi connectivity index (χ2v) is 12.7. The molecule has 12 nitrogen and oxygen atoms in total. The van der Waals surface area contributed by atoms with Gasteiger partial charge in [-0.25, -0.2) is 38.7 Å². The predicted octanol–water partition coefficient (Wildman–Crippen LogP) is 6.69. The Morgan fingerprint density at radius 1 is 0.593 bits per heavy atom. The zero-order valence-electron chi connectivity index (χ0n) is 29.9. The fraction of sp³-hybridized carbons (Fsp3) is 0.175. The molecule has 1 N–H and O–H groups in total. The molecule has 0 unspecified atom stereocenters. The highest BCUT2D eigenvalue weighted by Gasteiger charge is 2.19. The number of benzene rings is 2. The van der Waals surface area contributed by atoms with Crippen molar-refractivity contribution in [2.45, 2.75) is 47.4 Å². The monoisotopic (exact) mass is 724 g/mol. The Balaban J connectivity index is 0.000000167. The smallest absolute Gasteiger partial charge is 0.164 e. The van der Waals surface area contributed by atoms with Crippen molar-refractivity contribution in [1.29, 1.82) is 0 Å². The van der Waals surface area contributed by atoms with Crippen LogP contribution in [-0.4, -0.2) is 60.4 Å². The summed E-state index contributed by atoms with van der Waals surface area (Å²) in [5.41, 5.74) is 8.86. The van der Waals surface area contributed by atoms with Crippen LogP contribution in [0.5, 0.6) is 0 Å². The number of carbonyl (C=O) groups is 1. The minimum atomic E-state index is -0.430. The topological polar surface area (TPSA) is 150 Å². The molecule has 6 heterocycles. The van der Waals surface area contributed by atoms with E-state index in [9.17, 15) is 18.7 Å². The van der Waals surface area contributed by atoms with E-state index in [1.165, 1.54) is 18.3 Å². The van der Waals surface area contributed by atoms with E-state index >= 15 is 0 Å². The van der Waals surface area contributed by atoms with E-state index in [1.54, 1.807) is 24.5 Å². The summed E-state index contributed by atoms with van der Waals surface area (Å²) in [7, 11) is 0. The second kappa shape index (κ2) is 15.1. The third-order valence-corrected chi connectivity index (χ3v) is 8.69. The molecular weight excluding hydrogens is 691 g/mol. The lowest BCUT2D eigenvalue weighted by Gasteiger charge is -2.10. The summed E-state index contributed by atoms with van der Waals surface area (Å²) >= 11 is 0. The third-order valence-electron chi connectivity index (χ3n) is 8.69. The highest BCUT2D eigenvalue weighted by Crippen LogP contribution is 2.28. The molecule has 0 aliphatic rings. The summed E-state index contributed by atoms with van der Waals surface area (Å²) in [6.07, 6.45) is 6.29. The van der Waals surface area contributed by atoms with Gasteiger partial charge in [0.1, 0.15) is 52.3 Å². The lowest BCUT2D eigenvalue weighted by atomic mass is 10.1. The number of pyridine rings is 2. The minimum Gasteiger partial charge on any atom is -0.392 e. The Morgan fingerprint density at radius 3 is 1.43 bits per heavy atom. The van der Waals surface area contributed by atoms with Crippen LogP contribution in [0.15, 0.2) is 85.5 Å². The van der Waals surface area contributed by atoms with E-state index in [0.717, 1.165) is 40.6 Å². The molecule has 0 spiro atoms. The molecule has 0 saturated carbocycles. The van der Waals surface area contributed by atoms with Gasteiger partial charge in [-0.15, -0.1) is 0 Å². The molecule has 0 fully saturated rings. The zero-order chi connectivity index (χ0) is 37.9. The zero-order valence-corrected chi connectivity index (χ0v) is 29.9. The number of fused-ring (bicyclic) bond motifs is 2. The fourth-order valence-corrected chi connectivity index (χ4v) is 6.17. The van der Waals surface area contributed by atoms with Crippen molar-refractivity contribution < 1.29 is 18.7 Å². The van der Waals surface area contributed by atoms with Crippen molar-refractivity contribution in [2.75, 3.05) is 0 Å². The van der Waals surface area contributed by atoms with Crippen LogP contribution in [-0.2, 0) is 19.7 Å². The summed E-state index contributed by atoms with van der Waals surface area (Å²) in [5.74, 6) is 1.60. The van der Waals surface area contributed by atoms with Crippen LogP contribution in [0.3, 0.4) is 0 Å². The first-order valence-electron chi connectivity index (χ1n) is 17.0. The average Bonchev–Trinajstić information content (AvgIpc) is 3.71. The number of hydrogen-bond acceptors (Lipinski definition) is 10. The number of hydrogen-bond donors (Lipinski definition) is 1. The van der Waals surface area contributed by atoms with Crippen LogP contribution in [0.2, 0.25) is 0 Å². The Labute approximate surface area is 308 Å². The van der Waals surface area contributed by atoms with Crippen molar-refractivity contribution in [3.63, 3.8) is 0 Å². The van der Waals surface area contributed by atoms with Gasteiger partial charge in [-0.05, 0) is 56.5 Å². The molecule has 2 aromatic carbocycles.